The Morgan fingerprint density at radius 2 is 0.897 bits per heavy atom. The van der Waals surface area contributed by atoms with E-state index in [0.29, 0.717) is 0 Å². The standard InChI is InChI=1S/C38H24O/c1-3-12-25(13-4-1)28-20-11-21-33-34-24-27(22-23-35(34)39-38(28)33)37-31-18-9-7-16-29(31)36(26-14-5-2-6-15-26)30-17-8-10-19-32(30)37/h1-24H/i1D,2D,3D,4D,5D,6D,7D,8D,9D,10D,11D,12D,13D,14D,15D,16D,17D,18D,19D,20D,21D,22D,23D,24D. The third-order valence-corrected chi connectivity index (χ3v) is 6.19. The fraction of sp³-hybridized carbons (Fsp3) is 0. The van der Waals surface area contributed by atoms with Gasteiger partial charge < -0.3 is 4.42 Å². The van der Waals surface area contributed by atoms with Crippen molar-refractivity contribution >= 4 is 43.5 Å². The fourth-order valence-corrected chi connectivity index (χ4v) is 4.60. The van der Waals surface area contributed by atoms with Gasteiger partial charge in [0.2, 0.25) is 0 Å². The predicted octanol–water partition coefficient (Wildman–Crippen LogP) is 10.9. The van der Waals surface area contributed by atoms with Gasteiger partial charge in [0.15, 0.2) is 0 Å². The van der Waals surface area contributed by atoms with E-state index >= 15 is 0 Å². The number of hydrogen-bond donors (Lipinski definition) is 0. The van der Waals surface area contributed by atoms with Crippen LogP contribution in [0.3, 0.4) is 0 Å². The highest BCUT2D eigenvalue weighted by molar-refractivity contribution is 6.22. The molecule has 1 heterocycles. The van der Waals surface area contributed by atoms with Gasteiger partial charge in [-0.2, -0.15) is 0 Å². The van der Waals surface area contributed by atoms with E-state index in [1.807, 2.05) is 0 Å². The summed E-state index contributed by atoms with van der Waals surface area (Å²) in [6, 6.07) is -21.2. The van der Waals surface area contributed by atoms with Gasteiger partial charge in [-0.15, -0.1) is 0 Å². The van der Waals surface area contributed by atoms with Crippen LogP contribution in [-0.2, 0) is 0 Å². The minimum absolute atomic E-state index is 0.513. The van der Waals surface area contributed by atoms with Crippen LogP contribution in [0.5, 0.6) is 0 Å². The molecule has 8 rings (SSSR count). The Morgan fingerprint density at radius 3 is 1.51 bits per heavy atom. The molecule has 1 heteroatoms. The molecule has 0 bridgehead atoms. The molecule has 0 saturated carbocycles. The molecule has 0 unspecified atom stereocenters. The van der Waals surface area contributed by atoms with Crippen LogP contribution in [0.1, 0.15) is 32.9 Å². The van der Waals surface area contributed by atoms with E-state index in [4.69, 9.17) is 30.5 Å². The van der Waals surface area contributed by atoms with Gasteiger partial charge in [0.05, 0.1) is 32.9 Å². The summed E-state index contributed by atoms with van der Waals surface area (Å²) in [6.07, 6.45) is 0. The maximum atomic E-state index is 9.72. The molecule has 0 N–H and O–H groups in total. The molecule has 0 saturated heterocycles. The fourth-order valence-electron chi connectivity index (χ4n) is 4.60. The van der Waals surface area contributed by atoms with Crippen LogP contribution in [0.15, 0.2) is 149 Å². The molecular formula is C38H24O. The summed E-state index contributed by atoms with van der Waals surface area (Å²) in [7, 11) is 0. The van der Waals surface area contributed by atoms with Gasteiger partial charge in [0.1, 0.15) is 11.2 Å². The smallest absolute Gasteiger partial charge is 0.143 e. The van der Waals surface area contributed by atoms with E-state index in [-0.39, 0.29) is 0 Å². The van der Waals surface area contributed by atoms with Crippen molar-refractivity contribution in [3.05, 3.63) is 145 Å². The molecule has 0 radical (unpaired) electrons. The molecule has 0 amide bonds. The summed E-state index contributed by atoms with van der Waals surface area (Å²) in [4.78, 5) is 0. The van der Waals surface area contributed by atoms with Gasteiger partial charge in [-0.1, -0.05) is 133 Å². The predicted molar refractivity (Wildman–Crippen MR) is 165 cm³/mol. The van der Waals surface area contributed by atoms with Crippen LogP contribution in [0.2, 0.25) is 0 Å². The molecule has 1 nitrogen and oxygen atoms in total. The normalized spacial score (nSPS) is 20.2. The second-order valence-electron chi connectivity index (χ2n) is 8.26. The van der Waals surface area contributed by atoms with Crippen LogP contribution in [0.4, 0.5) is 0 Å². The number of fused-ring (bicyclic) bond motifs is 5. The molecule has 0 aliphatic carbocycles. The van der Waals surface area contributed by atoms with Gasteiger partial charge in [0.25, 0.3) is 0 Å². The average Bonchev–Trinajstić information content (AvgIpc) is 3.66. The van der Waals surface area contributed by atoms with Gasteiger partial charge in [-0.3, -0.25) is 0 Å². The van der Waals surface area contributed by atoms with Crippen molar-refractivity contribution in [2.24, 2.45) is 0 Å². The highest BCUT2D eigenvalue weighted by Gasteiger charge is 2.18. The van der Waals surface area contributed by atoms with E-state index in [0.717, 1.165) is 0 Å². The summed E-state index contributed by atoms with van der Waals surface area (Å²) < 4.78 is 217. The molecule has 0 fully saturated rings. The van der Waals surface area contributed by atoms with Crippen molar-refractivity contribution in [1.82, 2.24) is 0 Å². The average molecular weight is 521 g/mol. The zero-order chi connectivity index (χ0) is 46.6. The molecule has 182 valence electrons. The molecular weight excluding hydrogens is 472 g/mol. The Labute approximate surface area is 260 Å². The lowest BCUT2D eigenvalue weighted by Crippen LogP contribution is -1.90. The summed E-state index contributed by atoms with van der Waals surface area (Å²) in [6.45, 7) is 0. The van der Waals surface area contributed by atoms with Crippen molar-refractivity contribution in [3.8, 4) is 33.4 Å². The van der Waals surface area contributed by atoms with E-state index in [9.17, 15) is 6.85 Å². The topological polar surface area (TPSA) is 13.1 Å². The van der Waals surface area contributed by atoms with Crippen molar-refractivity contribution in [2.75, 3.05) is 0 Å². The van der Waals surface area contributed by atoms with Crippen LogP contribution in [-0.4, -0.2) is 0 Å². The van der Waals surface area contributed by atoms with Gasteiger partial charge in [-0.25, -0.2) is 0 Å². The molecule has 39 heavy (non-hydrogen) atoms. The number of hydrogen-bond acceptors (Lipinski definition) is 1. The maximum Gasteiger partial charge on any atom is 0.143 e. The SMILES string of the molecule is [2H]c1c([2H])c([2H])c(-c2c([2H])c([2H])c([2H])c3c2oc2c([2H])c([2H])c(-c4c5c([2H])c([2H])c([2H])c([2H])c5c(-c5c([2H])c([2H])c([2H])c([2H])c5[2H])c5c([2H])c([2H])c([2H])c([2H])c45)c([2H])c23)c([2H])c1[2H]. The summed E-state index contributed by atoms with van der Waals surface area (Å²) in [5, 5.41) is -3.66. The minimum atomic E-state index is -0.947. The van der Waals surface area contributed by atoms with Gasteiger partial charge in [0, 0.05) is 16.3 Å². The van der Waals surface area contributed by atoms with Crippen molar-refractivity contribution in [2.45, 2.75) is 0 Å². The minimum Gasteiger partial charge on any atom is -0.455 e. The first-order chi connectivity index (χ1) is 29.3. The highest BCUT2D eigenvalue weighted by atomic mass is 16.3. The zero-order valence-electron chi connectivity index (χ0n) is 43.4. The monoisotopic (exact) mass is 520 g/mol. The van der Waals surface area contributed by atoms with E-state index in [1.54, 1.807) is 0 Å². The van der Waals surface area contributed by atoms with Crippen molar-refractivity contribution in [3.63, 3.8) is 0 Å². The molecule has 0 atom stereocenters. The summed E-state index contributed by atoms with van der Waals surface area (Å²) >= 11 is 0. The molecule has 0 aliphatic rings. The Balaban J connectivity index is 1.71. The van der Waals surface area contributed by atoms with Crippen LogP contribution in [0.25, 0.3) is 76.9 Å². The lowest BCUT2D eigenvalue weighted by molar-refractivity contribution is 0.670. The second-order valence-corrected chi connectivity index (χ2v) is 8.26. The number of furan rings is 1. The maximum absolute atomic E-state index is 9.72. The Hall–Kier alpha value is -5.14. The van der Waals surface area contributed by atoms with Crippen LogP contribution >= 0.6 is 0 Å². The zero-order valence-corrected chi connectivity index (χ0v) is 19.4. The van der Waals surface area contributed by atoms with Crippen molar-refractivity contribution < 1.29 is 37.3 Å². The third-order valence-electron chi connectivity index (χ3n) is 6.19. The number of benzene rings is 7. The van der Waals surface area contributed by atoms with E-state index < -0.39 is 222 Å². The lowest BCUT2D eigenvalue weighted by Gasteiger charge is -2.17. The summed E-state index contributed by atoms with van der Waals surface area (Å²) in [5.74, 6) is 0. The van der Waals surface area contributed by atoms with Gasteiger partial charge in [-0.05, 0) is 61.4 Å². The molecule has 7 aromatic carbocycles. The summed E-state index contributed by atoms with van der Waals surface area (Å²) in [5.41, 5.74) is -5.17. The first-order valence-corrected chi connectivity index (χ1v) is 11.4. The van der Waals surface area contributed by atoms with Crippen LogP contribution in [0, 0.1) is 0 Å². The molecule has 8 aromatic rings. The highest BCUT2D eigenvalue weighted by Crippen LogP contribution is 2.45. The first-order valence-electron chi connectivity index (χ1n) is 23.4. The third kappa shape index (κ3) is 3.41. The first kappa shape index (κ1) is 8.69. The largest absolute Gasteiger partial charge is 0.455 e. The number of para-hydroxylation sites is 1. The molecule has 1 aromatic heterocycles. The Morgan fingerprint density at radius 1 is 0.385 bits per heavy atom. The molecule has 0 aliphatic heterocycles. The van der Waals surface area contributed by atoms with Crippen molar-refractivity contribution in [1.29, 1.82) is 0 Å². The quantitative estimate of drug-likeness (QED) is 0.211. The van der Waals surface area contributed by atoms with E-state index in [1.165, 1.54) is 0 Å². The Bertz CT molecular complexity index is 3360. The van der Waals surface area contributed by atoms with Crippen LogP contribution < -0.4 is 0 Å². The lowest BCUT2D eigenvalue weighted by atomic mass is 9.86. The van der Waals surface area contributed by atoms with Gasteiger partial charge >= 0.3 is 0 Å². The Kier molecular flexibility index (Phi) is 1.94. The second kappa shape index (κ2) is 8.72. The number of rotatable bonds is 3. The van der Waals surface area contributed by atoms with E-state index in [2.05, 4.69) is 0 Å². The molecule has 0 spiro atoms.